The average Bonchev–Trinajstić information content (AvgIpc) is 2.39. The van der Waals surface area contributed by atoms with Crippen LogP contribution in [0.4, 0.5) is 4.39 Å². The van der Waals surface area contributed by atoms with Crippen LogP contribution >= 0.6 is 0 Å². The van der Waals surface area contributed by atoms with Crippen molar-refractivity contribution >= 4 is 0 Å². The molecule has 0 aliphatic carbocycles. The Bertz CT molecular complexity index is 525. The first-order valence-electron chi connectivity index (χ1n) is 6.63. The normalized spacial score (nSPS) is 22.4. The van der Waals surface area contributed by atoms with Gasteiger partial charge in [0.25, 0.3) is 0 Å². The number of morpholine rings is 1. The van der Waals surface area contributed by atoms with Crippen LogP contribution in [0.1, 0.15) is 25.0 Å². The number of hydrogen-bond donors (Lipinski definition) is 1. The number of benzene rings is 1. The minimum atomic E-state index is -0.402. The smallest absolute Gasteiger partial charge is 0.124 e. The van der Waals surface area contributed by atoms with Gasteiger partial charge in [0.1, 0.15) is 5.82 Å². The molecule has 1 saturated heterocycles. The Labute approximate surface area is 118 Å². The van der Waals surface area contributed by atoms with Gasteiger partial charge in [-0.15, -0.1) is 0 Å². The van der Waals surface area contributed by atoms with Crippen molar-refractivity contribution in [3.8, 4) is 6.07 Å². The standard InChI is InChI=1S/C15H19FN2O2/c1-15(2)10-18(8-14(9-19)20-15)7-11-3-4-13(16)5-12(11)6-17/h3-5,14,19H,7-10H2,1-2H3. The van der Waals surface area contributed by atoms with E-state index in [1.807, 2.05) is 19.9 Å². The molecule has 20 heavy (non-hydrogen) atoms. The topological polar surface area (TPSA) is 56.5 Å². The summed E-state index contributed by atoms with van der Waals surface area (Å²) in [5.41, 5.74) is 0.802. The molecule has 0 amide bonds. The van der Waals surface area contributed by atoms with E-state index in [9.17, 15) is 9.50 Å². The van der Waals surface area contributed by atoms with Crippen LogP contribution in [0, 0.1) is 17.1 Å². The Balaban J connectivity index is 2.15. The lowest BCUT2D eigenvalue weighted by atomic mass is 10.0. The molecule has 0 saturated carbocycles. The summed E-state index contributed by atoms with van der Waals surface area (Å²) in [7, 11) is 0. The van der Waals surface area contributed by atoms with E-state index in [-0.39, 0.29) is 18.3 Å². The first kappa shape index (κ1) is 14.9. The molecule has 1 aromatic rings. The molecular weight excluding hydrogens is 259 g/mol. The number of ether oxygens (including phenoxy) is 1. The van der Waals surface area contributed by atoms with Gasteiger partial charge in [0, 0.05) is 19.6 Å². The molecule has 0 aromatic heterocycles. The molecule has 108 valence electrons. The Kier molecular flexibility index (Phi) is 4.39. The third kappa shape index (κ3) is 3.54. The molecule has 0 bridgehead atoms. The number of halogens is 1. The summed E-state index contributed by atoms with van der Waals surface area (Å²) in [5, 5.41) is 18.4. The first-order chi connectivity index (χ1) is 9.43. The van der Waals surface area contributed by atoms with Gasteiger partial charge < -0.3 is 9.84 Å². The first-order valence-corrected chi connectivity index (χ1v) is 6.63. The molecule has 1 aliphatic rings. The zero-order chi connectivity index (χ0) is 14.8. The van der Waals surface area contributed by atoms with Crippen LogP contribution in [0.5, 0.6) is 0 Å². The molecule has 0 spiro atoms. The van der Waals surface area contributed by atoms with Gasteiger partial charge in [-0.25, -0.2) is 4.39 Å². The van der Waals surface area contributed by atoms with Gasteiger partial charge in [0.15, 0.2) is 0 Å². The van der Waals surface area contributed by atoms with Crippen LogP contribution in [-0.4, -0.2) is 41.4 Å². The Morgan fingerprint density at radius 2 is 2.30 bits per heavy atom. The number of aliphatic hydroxyl groups is 1. The molecule has 1 aliphatic heterocycles. The highest BCUT2D eigenvalue weighted by molar-refractivity contribution is 5.37. The molecule has 1 atom stereocenters. The summed E-state index contributed by atoms with van der Waals surface area (Å²) >= 11 is 0. The van der Waals surface area contributed by atoms with Crippen LogP contribution in [0.2, 0.25) is 0 Å². The van der Waals surface area contributed by atoms with Crippen molar-refractivity contribution in [3.05, 3.63) is 35.1 Å². The largest absolute Gasteiger partial charge is 0.394 e. The Hall–Kier alpha value is -1.48. The van der Waals surface area contributed by atoms with Crippen LogP contribution in [0.25, 0.3) is 0 Å². The van der Waals surface area contributed by atoms with Crippen LogP contribution in [0.3, 0.4) is 0 Å². The summed E-state index contributed by atoms with van der Waals surface area (Å²) in [6, 6.07) is 6.29. The molecule has 1 unspecified atom stereocenters. The maximum atomic E-state index is 13.1. The molecule has 1 fully saturated rings. The van der Waals surface area contributed by atoms with Crippen LogP contribution < -0.4 is 0 Å². The van der Waals surface area contributed by atoms with Crippen molar-refractivity contribution < 1.29 is 14.2 Å². The number of nitriles is 1. The second-order valence-electron chi connectivity index (χ2n) is 5.77. The molecule has 0 radical (unpaired) electrons. The summed E-state index contributed by atoms with van der Waals surface area (Å²) in [6.45, 7) is 5.75. The van der Waals surface area contributed by atoms with E-state index < -0.39 is 5.82 Å². The Morgan fingerprint density at radius 3 is 2.95 bits per heavy atom. The maximum absolute atomic E-state index is 13.1. The summed E-state index contributed by atoms with van der Waals surface area (Å²) in [4.78, 5) is 2.12. The lowest BCUT2D eigenvalue weighted by molar-refractivity contribution is -0.150. The Morgan fingerprint density at radius 1 is 1.55 bits per heavy atom. The summed E-state index contributed by atoms with van der Waals surface area (Å²) < 4.78 is 18.9. The van der Waals surface area contributed by atoms with Gasteiger partial charge in [-0.05, 0) is 31.5 Å². The van der Waals surface area contributed by atoms with Crippen molar-refractivity contribution in [2.45, 2.75) is 32.1 Å². The third-order valence-electron chi connectivity index (χ3n) is 3.34. The van der Waals surface area contributed by atoms with Gasteiger partial charge >= 0.3 is 0 Å². The third-order valence-corrected chi connectivity index (χ3v) is 3.34. The molecule has 1 heterocycles. The van der Waals surface area contributed by atoms with E-state index in [0.29, 0.717) is 25.2 Å². The van der Waals surface area contributed by atoms with E-state index in [0.717, 1.165) is 5.56 Å². The number of rotatable bonds is 3. The lowest BCUT2D eigenvalue weighted by Crippen LogP contribution is -2.53. The minimum Gasteiger partial charge on any atom is -0.394 e. The molecule has 2 rings (SSSR count). The highest BCUT2D eigenvalue weighted by atomic mass is 19.1. The SMILES string of the molecule is CC1(C)CN(Cc2ccc(F)cc2C#N)CC(CO)O1. The predicted octanol–water partition coefficient (Wildman–Crippen LogP) is 1.67. The lowest BCUT2D eigenvalue weighted by Gasteiger charge is -2.42. The van der Waals surface area contributed by atoms with Gasteiger partial charge in [-0.3, -0.25) is 4.90 Å². The minimum absolute atomic E-state index is 0.0333. The molecule has 4 nitrogen and oxygen atoms in total. The van der Waals surface area contributed by atoms with Gasteiger partial charge in [-0.2, -0.15) is 5.26 Å². The number of nitrogens with zero attached hydrogens (tertiary/aromatic N) is 2. The fraction of sp³-hybridized carbons (Fsp3) is 0.533. The number of hydrogen-bond acceptors (Lipinski definition) is 4. The zero-order valence-corrected chi connectivity index (χ0v) is 11.8. The fourth-order valence-electron chi connectivity index (χ4n) is 2.66. The van der Waals surface area contributed by atoms with E-state index in [4.69, 9.17) is 10.00 Å². The van der Waals surface area contributed by atoms with E-state index in [1.165, 1.54) is 12.1 Å². The van der Waals surface area contributed by atoms with Crippen LogP contribution in [-0.2, 0) is 11.3 Å². The monoisotopic (exact) mass is 278 g/mol. The van der Waals surface area contributed by atoms with Gasteiger partial charge in [0.05, 0.1) is 29.9 Å². The molecule has 1 aromatic carbocycles. The van der Waals surface area contributed by atoms with E-state index in [1.54, 1.807) is 6.07 Å². The second-order valence-corrected chi connectivity index (χ2v) is 5.77. The molecule has 5 heteroatoms. The van der Waals surface area contributed by atoms with Crippen molar-refractivity contribution in [1.29, 1.82) is 5.26 Å². The maximum Gasteiger partial charge on any atom is 0.124 e. The van der Waals surface area contributed by atoms with E-state index >= 15 is 0 Å². The van der Waals surface area contributed by atoms with Crippen molar-refractivity contribution in [1.82, 2.24) is 4.90 Å². The molecule has 1 N–H and O–H groups in total. The van der Waals surface area contributed by atoms with Crippen molar-refractivity contribution in [2.75, 3.05) is 19.7 Å². The fourth-order valence-corrected chi connectivity index (χ4v) is 2.66. The average molecular weight is 278 g/mol. The highest BCUT2D eigenvalue weighted by Crippen LogP contribution is 2.23. The van der Waals surface area contributed by atoms with Crippen molar-refractivity contribution in [2.24, 2.45) is 0 Å². The number of aliphatic hydroxyl groups excluding tert-OH is 1. The van der Waals surface area contributed by atoms with Gasteiger partial charge in [-0.1, -0.05) is 6.07 Å². The van der Waals surface area contributed by atoms with Crippen LogP contribution in [0.15, 0.2) is 18.2 Å². The summed E-state index contributed by atoms with van der Waals surface area (Å²) in [5.74, 6) is -0.402. The zero-order valence-electron chi connectivity index (χ0n) is 11.8. The molecular formula is C15H19FN2O2. The van der Waals surface area contributed by atoms with Gasteiger partial charge in [0.2, 0.25) is 0 Å². The van der Waals surface area contributed by atoms with Crippen molar-refractivity contribution in [3.63, 3.8) is 0 Å². The predicted molar refractivity (Wildman–Crippen MR) is 72.4 cm³/mol. The summed E-state index contributed by atoms with van der Waals surface area (Å²) in [6.07, 6.45) is -0.232. The second kappa shape index (κ2) is 5.88. The quantitative estimate of drug-likeness (QED) is 0.913. The van der Waals surface area contributed by atoms with E-state index in [2.05, 4.69) is 4.90 Å². The highest BCUT2D eigenvalue weighted by Gasteiger charge is 2.33.